The van der Waals surface area contributed by atoms with Crippen LogP contribution < -0.4 is 14.8 Å². The van der Waals surface area contributed by atoms with Crippen molar-refractivity contribution >= 4 is 11.9 Å². The molecule has 1 atom stereocenters. The highest BCUT2D eigenvalue weighted by molar-refractivity contribution is 5.96. The van der Waals surface area contributed by atoms with Crippen LogP contribution in [0.1, 0.15) is 33.2 Å². The zero-order valence-electron chi connectivity index (χ0n) is 15.4. The van der Waals surface area contributed by atoms with E-state index in [1.807, 2.05) is 25.1 Å². The van der Waals surface area contributed by atoms with Crippen LogP contribution in [0.25, 0.3) is 0 Å². The Morgan fingerprint density at radius 1 is 1.11 bits per heavy atom. The van der Waals surface area contributed by atoms with Gasteiger partial charge < -0.3 is 19.9 Å². The monoisotopic (exact) mass is 375 g/mol. The first-order valence-electron chi connectivity index (χ1n) is 8.37. The minimum absolute atomic E-state index is 0.0911. The summed E-state index contributed by atoms with van der Waals surface area (Å²) in [6.45, 7) is 2.30. The Bertz CT molecular complexity index is 837. The molecule has 0 fully saturated rings. The fourth-order valence-electron chi connectivity index (χ4n) is 2.68. The molecule has 144 valence electrons. The first kappa shape index (κ1) is 20.2. The van der Waals surface area contributed by atoms with Crippen molar-refractivity contribution in [3.05, 3.63) is 58.9 Å². The van der Waals surface area contributed by atoms with Gasteiger partial charge in [-0.2, -0.15) is 0 Å². The normalized spacial score (nSPS) is 11.6. The van der Waals surface area contributed by atoms with Crippen LogP contribution in [-0.4, -0.2) is 37.7 Å². The van der Waals surface area contributed by atoms with Gasteiger partial charge in [0.2, 0.25) is 0 Å². The average Bonchev–Trinajstić information content (AvgIpc) is 2.65. The van der Waals surface area contributed by atoms with E-state index in [1.165, 1.54) is 12.1 Å². The van der Waals surface area contributed by atoms with Crippen molar-refractivity contribution in [1.82, 2.24) is 5.32 Å². The fourth-order valence-corrected chi connectivity index (χ4v) is 2.68. The molecule has 0 spiro atoms. The molecule has 2 aromatic rings. The van der Waals surface area contributed by atoms with Crippen molar-refractivity contribution in [2.45, 2.75) is 13.3 Å². The zero-order valence-corrected chi connectivity index (χ0v) is 15.4. The summed E-state index contributed by atoms with van der Waals surface area (Å²) < 4.78 is 24.4. The summed E-state index contributed by atoms with van der Waals surface area (Å²) in [5.74, 6) is -1.32. The highest BCUT2D eigenvalue weighted by Gasteiger charge is 2.15. The largest absolute Gasteiger partial charge is 0.493 e. The first-order valence-corrected chi connectivity index (χ1v) is 8.37. The molecule has 27 heavy (non-hydrogen) atoms. The number of methoxy groups -OCH3 is 2. The number of carboxylic acid groups (broad SMARTS) is 1. The molecular weight excluding hydrogens is 353 g/mol. The van der Waals surface area contributed by atoms with Crippen LogP contribution >= 0.6 is 0 Å². The summed E-state index contributed by atoms with van der Waals surface area (Å²) in [6, 6.07) is 8.83. The Kier molecular flexibility index (Phi) is 6.76. The molecule has 0 saturated carbocycles. The molecule has 0 aliphatic rings. The van der Waals surface area contributed by atoms with Crippen molar-refractivity contribution in [3.8, 4) is 11.5 Å². The van der Waals surface area contributed by atoms with Gasteiger partial charge in [-0.3, -0.25) is 4.79 Å². The van der Waals surface area contributed by atoms with E-state index in [4.69, 9.17) is 14.6 Å². The Morgan fingerprint density at radius 3 is 2.41 bits per heavy atom. The molecule has 0 radical (unpaired) electrons. The van der Waals surface area contributed by atoms with Crippen LogP contribution in [0.4, 0.5) is 4.39 Å². The summed E-state index contributed by atoms with van der Waals surface area (Å²) in [6.07, 6.45) is 0.682. The quantitative estimate of drug-likeness (QED) is 0.740. The number of nitrogens with one attached hydrogen (secondary N) is 1. The van der Waals surface area contributed by atoms with Crippen LogP contribution in [0, 0.1) is 11.7 Å². The number of carboxylic acids is 1. The maximum absolute atomic E-state index is 13.9. The molecule has 0 aliphatic heterocycles. The topological polar surface area (TPSA) is 84.9 Å². The average molecular weight is 375 g/mol. The van der Waals surface area contributed by atoms with Gasteiger partial charge in [0.25, 0.3) is 5.91 Å². The maximum Gasteiger partial charge on any atom is 0.335 e. The van der Waals surface area contributed by atoms with E-state index >= 15 is 0 Å². The molecular formula is C20H22FNO5. The fraction of sp³-hybridized carbons (Fsp3) is 0.300. The molecule has 6 nitrogen and oxygen atoms in total. The Hall–Kier alpha value is -3.09. The standard InChI is InChI=1S/C20H22FNO5/c1-12(8-13-4-7-17(26-2)18(9-13)27-3)11-22-19(23)15-6-5-14(20(24)25)10-16(15)21/h4-7,9-10,12H,8,11H2,1-3H3,(H,22,23)(H,24,25). The number of carbonyl (C=O) groups is 2. The maximum atomic E-state index is 13.9. The molecule has 0 aromatic heterocycles. The van der Waals surface area contributed by atoms with Crippen LogP contribution in [0.15, 0.2) is 36.4 Å². The minimum atomic E-state index is -1.25. The van der Waals surface area contributed by atoms with Gasteiger partial charge in [0.05, 0.1) is 25.3 Å². The highest BCUT2D eigenvalue weighted by Crippen LogP contribution is 2.28. The Morgan fingerprint density at radius 2 is 1.81 bits per heavy atom. The van der Waals surface area contributed by atoms with Gasteiger partial charge in [0.1, 0.15) is 5.82 Å². The number of aromatic carboxylic acids is 1. The Labute approximate surface area is 156 Å². The molecule has 0 heterocycles. The molecule has 0 aliphatic carbocycles. The van der Waals surface area contributed by atoms with Gasteiger partial charge in [0, 0.05) is 6.54 Å². The first-order chi connectivity index (χ1) is 12.8. The molecule has 0 saturated heterocycles. The molecule has 0 bridgehead atoms. The van der Waals surface area contributed by atoms with Crippen LogP contribution in [0.2, 0.25) is 0 Å². The summed E-state index contributed by atoms with van der Waals surface area (Å²) in [7, 11) is 3.13. The number of hydrogen-bond donors (Lipinski definition) is 2. The lowest BCUT2D eigenvalue weighted by Gasteiger charge is -2.15. The van der Waals surface area contributed by atoms with E-state index in [9.17, 15) is 14.0 Å². The van der Waals surface area contributed by atoms with E-state index in [-0.39, 0.29) is 17.0 Å². The number of hydrogen-bond acceptors (Lipinski definition) is 4. The van der Waals surface area contributed by atoms with Crippen LogP contribution in [0.5, 0.6) is 11.5 Å². The molecule has 1 amide bonds. The van der Waals surface area contributed by atoms with Crippen LogP contribution in [0.3, 0.4) is 0 Å². The predicted octanol–water partition coefficient (Wildman–Crippen LogP) is 3.15. The van der Waals surface area contributed by atoms with Gasteiger partial charge in [-0.25, -0.2) is 9.18 Å². The van der Waals surface area contributed by atoms with Gasteiger partial charge in [-0.05, 0) is 48.2 Å². The summed E-state index contributed by atoms with van der Waals surface area (Å²) in [4.78, 5) is 23.0. The second kappa shape index (κ2) is 9.02. The summed E-state index contributed by atoms with van der Waals surface area (Å²) in [5, 5.41) is 11.5. The van der Waals surface area contributed by atoms with Crippen molar-refractivity contribution < 1.29 is 28.6 Å². The van der Waals surface area contributed by atoms with Crippen LogP contribution in [-0.2, 0) is 6.42 Å². The SMILES string of the molecule is COc1ccc(CC(C)CNC(=O)c2ccc(C(=O)O)cc2F)cc1OC. The molecule has 2 rings (SSSR count). The minimum Gasteiger partial charge on any atom is -0.493 e. The number of carbonyl (C=O) groups excluding carboxylic acids is 1. The number of halogens is 1. The molecule has 2 aromatic carbocycles. The predicted molar refractivity (Wildman–Crippen MR) is 98.1 cm³/mol. The number of rotatable bonds is 8. The van der Waals surface area contributed by atoms with E-state index in [2.05, 4.69) is 5.32 Å². The number of ether oxygens (including phenoxy) is 2. The lowest BCUT2D eigenvalue weighted by Crippen LogP contribution is -2.29. The molecule has 1 unspecified atom stereocenters. The third-order valence-corrected chi connectivity index (χ3v) is 4.10. The van der Waals surface area contributed by atoms with Gasteiger partial charge >= 0.3 is 5.97 Å². The molecule has 7 heteroatoms. The second-order valence-corrected chi connectivity index (χ2v) is 6.21. The Balaban J connectivity index is 1.96. The van der Waals surface area contributed by atoms with E-state index < -0.39 is 17.7 Å². The number of benzene rings is 2. The van der Waals surface area contributed by atoms with E-state index in [0.717, 1.165) is 11.6 Å². The smallest absolute Gasteiger partial charge is 0.335 e. The van der Waals surface area contributed by atoms with Crippen molar-refractivity contribution in [2.75, 3.05) is 20.8 Å². The zero-order chi connectivity index (χ0) is 20.0. The van der Waals surface area contributed by atoms with Crippen molar-refractivity contribution in [3.63, 3.8) is 0 Å². The van der Waals surface area contributed by atoms with Crippen molar-refractivity contribution in [1.29, 1.82) is 0 Å². The van der Waals surface area contributed by atoms with Crippen molar-refractivity contribution in [2.24, 2.45) is 5.92 Å². The van der Waals surface area contributed by atoms with Gasteiger partial charge in [-0.15, -0.1) is 0 Å². The third-order valence-electron chi connectivity index (χ3n) is 4.10. The second-order valence-electron chi connectivity index (χ2n) is 6.21. The lowest BCUT2D eigenvalue weighted by molar-refractivity contribution is 0.0695. The summed E-state index contributed by atoms with van der Waals surface area (Å²) >= 11 is 0. The lowest BCUT2D eigenvalue weighted by atomic mass is 10.0. The van der Waals surface area contributed by atoms with Gasteiger partial charge in [0.15, 0.2) is 11.5 Å². The van der Waals surface area contributed by atoms with Gasteiger partial charge in [-0.1, -0.05) is 13.0 Å². The summed E-state index contributed by atoms with van der Waals surface area (Å²) in [5.41, 5.74) is 0.635. The van der Waals surface area contributed by atoms with E-state index in [1.54, 1.807) is 14.2 Å². The van der Waals surface area contributed by atoms with E-state index in [0.29, 0.717) is 24.5 Å². The third kappa shape index (κ3) is 5.20. The molecule has 2 N–H and O–H groups in total. The highest BCUT2D eigenvalue weighted by atomic mass is 19.1. The number of amides is 1.